The molecule has 0 unspecified atom stereocenters. The first-order valence-electron chi connectivity index (χ1n) is 24.7. The van der Waals surface area contributed by atoms with Crippen molar-refractivity contribution in [3.8, 4) is 23.3 Å². The number of urea groups is 1. The number of phenols is 1. The van der Waals surface area contributed by atoms with Gasteiger partial charge in [0, 0.05) is 35.6 Å². The van der Waals surface area contributed by atoms with Crippen molar-refractivity contribution in [1.82, 2.24) is 10.2 Å². The largest absolute Gasteiger partial charge is 0.508 e. The summed E-state index contributed by atoms with van der Waals surface area (Å²) in [5, 5.41) is 17.1. The summed E-state index contributed by atoms with van der Waals surface area (Å²) >= 11 is 0. The monoisotopic (exact) mass is 983 g/mol. The highest BCUT2D eigenvalue weighted by Crippen LogP contribution is 2.66. The molecule has 3 N–H and O–H groups in total. The Hall–Kier alpha value is -8.70. The summed E-state index contributed by atoms with van der Waals surface area (Å²) < 4.78 is 17.6. The molecule has 0 saturated carbocycles. The molecule has 4 amide bonds. The molecule has 4 heterocycles. The lowest BCUT2D eigenvalue weighted by Gasteiger charge is -2.46. The summed E-state index contributed by atoms with van der Waals surface area (Å²) in [6, 6.07) is 50.2. The van der Waals surface area contributed by atoms with Gasteiger partial charge in [-0.1, -0.05) is 115 Å². The van der Waals surface area contributed by atoms with Crippen LogP contribution in [0, 0.1) is 17.8 Å². The summed E-state index contributed by atoms with van der Waals surface area (Å²) in [5.41, 5.74) is 3.85. The van der Waals surface area contributed by atoms with Gasteiger partial charge in [-0.25, -0.2) is 9.69 Å². The number of carbonyl (C=O) groups excluding carboxylic acids is 4. The fraction of sp³-hybridized carbons (Fsp3) is 0.213. The standard InChI is InChI=1S/C61H53N5O8/c1-39(42-12-6-3-7-13-42)62-60(71)65-51-33-22-41(19-18-40-20-31-49(72-2)32-21-40)38-50(51)61(59(65)70)52(57(68)63-46-25-27-47(28-26-46)64-34-36-73-37-35-64)54-58(69)74-55(44-16-10-5-11-17-44)53(43-14-8-4-9-15-43)66(54)56(61)45-23-29-48(67)30-24-45/h3-17,20-33,38-39,52-56,67H,34-37H2,1-2H3,(H,62,71)(H,63,68)/t39-,52-,53-,54-,55+,56+,61-/m1/s1. The maximum Gasteiger partial charge on any atom is 0.329 e. The van der Waals surface area contributed by atoms with Gasteiger partial charge in [0.1, 0.15) is 29.1 Å². The molecule has 0 bridgehead atoms. The number of morpholine rings is 2. The Labute approximate surface area is 429 Å². The molecule has 13 heteroatoms. The van der Waals surface area contributed by atoms with Gasteiger partial charge in [0.05, 0.1) is 50.1 Å². The Balaban J connectivity index is 1.15. The van der Waals surface area contributed by atoms with E-state index in [-0.39, 0.29) is 11.4 Å². The second-order valence-corrected chi connectivity index (χ2v) is 18.9. The highest BCUT2D eigenvalue weighted by Gasteiger charge is 2.75. The van der Waals surface area contributed by atoms with Crippen LogP contribution in [0.2, 0.25) is 0 Å². The zero-order valence-electron chi connectivity index (χ0n) is 40.8. The number of phenolic OH excluding ortho intramolecular Hbond substituents is 1. The number of rotatable bonds is 9. The minimum atomic E-state index is -2.04. The zero-order chi connectivity index (χ0) is 50.9. The molecule has 0 aliphatic carbocycles. The Morgan fingerprint density at radius 2 is 1.34 bits per heavy atom. The van der Waals surface area contributed by atoms with E-state index in [9.17, 15) is 5.11 Å². The SMILES string of the molecule is COc1ccc(C#Cc2ccc3c(c2)[C@]2(C(=O)N3C(=O)N[C@H](C)c3ccccc3)[C@H](c3ccc(O)cc3)N3[C@H](c4ccccc4)[C@H](c4ccccc4)OC(=O)[C@H]3[C@@H]2C(=O)Nc2ccc(N3CCOCC3)cc2)cc1. The second-order valence-electron chi connectivity index (χ2n) is 18.9. The number of carbonyl (C=O) groups is 4. The molecule has 370 valence electrons. The fourth-order valence-electron chi connectivity index (χ4n) is 11.3. The Bertz CT molecular complexity index is 3270. The zero-order valence-corrected chi connectivity index (χ0v) is 40.8. The predicted molar refractivity (Wildman–Crippen MR) is 280 cm³/mol. The number of esters is 1. The summed E-state index contributed by atoms with van der Waals surface area (Å²) in [7, 11) is 1.59. The molecule has 7 aromatic rings. The van der Waals surface area contributed by atoms with E-state index >= 15 is 19.2 Å². The van der Waals surface area contributed by atoms with Gasteiger partial charge in [-0.3, -0.25) is 19.3 Å². The van der Waals surface area contributed by atoms with E-state index in [2.05, 4.69) is 27.4 Å². The van der Waals surface area contributed by atoms with Crippen molar-refractivity contribution >= 4 is 40.9 Å². The van der Waals surface area contributed by atoms with E-state index in [0.717, 1.165) is 21.7 Å². The summed E-state index contributed by atoms with van der Waals surface area (Å²) in [4.78, 5) is 68.9. The van der Waals surface area contributed by atoms with Crippen molar-refractivity contribution in [3.63, 3.8) is 0 Å². The maximum absolute atomic E-state index is 16.8. The van der Waals surface area contributed by atoms with Crippen LogP contribution < -0.4 is 25.2 Å². The van der Waals surface area contributed by atoms with Crippen LogP contribution in [-0.4, -0.2) is 73.3 Å². The van der Waals surface area contributed by atoms with Crippen LogP contribution in [0.15, 0.2) is 182 Å². The molecule has 4 aliphatic rings. The number of nitrogens with one attached hydrogen (secondary N) is 2. The van der Waals surface area contributed by atoms with E-state index in [1.807, 2.05) is 139 Å². The number of fused-ring (bicyclic) bond motifs is 3. The Morgan fingerprint density at radius 3 is 2.00 bits per heavy atom. The number of aromatic hydroxyl groups is 1. The van der Waals surface area contributed by atoms with Crippen LogP contribution in [0.5, 0.6) is 11.5 Å². The number of anilines is 3. The molecule has 7 atom stereocenters. The van der Waals surface area contributed by atoms with Gasteiger partial charge in [0.2, 0.25) is 11.8 Å². The lowest BCUT2D eigenvalue weighted by molar-refractivity contribution is -0.177. The van der Waals surface area contributed by atoms with Gasteiger partial charge < -0.3 is 34.9 Å². The summed E-state index contributed by atoms with van der Waals surface area (Å²) in [6.07, 6.45) is -0.919. The van der Waals surface area contributed by atoms with Crippen LogP contribution in [-0.2, 0) is 29.3 Å². The number of cyclic esters (lactones) is 1. The predicted octanol–water partition coefficient (Wildman–Crippen LogP) is 9.41. The normalized spacial score (nSPS) is 22.4. The third-order valence-corrected chi connectivity index (χ3v) is 14.7. The van der Waals surface area contributed by atoms with Crippen LogP contribution >= 0.6 is 0 Å². The van der Waals surface area contributed by atoms with E-state index in [1.165, 1.54) is 12.1 Å². The average Bonchev–Trinajstić information content (AvgIpc) is 3.96. The van der Waals surface area contributed by atoms with Crippen molar-refractivity contribution in [2.45, 2.75) is 42.6 Å². The third kappa shape index (κ3) is 8.57. The molecule has 4 aliphatic heterocycles. The number of hydrogen-bond donors (Lipinski definition) is 3. The fourth-order valence-corrected chi connectivity index (χ4v) is 11.3. The van der Waals surface area contributed by atoms with Crippen LogP contribution in [0.25, 0.3) is 0 Å². The summed E-state index contributed by atoms with van der Waals surface area (Å²) in [5.74, 6) is 3.53. The molecule has 3 fully saturated rings. The van der Waals surface area contributed by atoms with Crippen LogP contribution in [0.1, 0.15) is 70.1 Å². The third-order valence-electron chi connectivity index (χ3n) is 14.7. The molecule has 13 nitrogen and oxygen atoms in total. The van der Waals surface area contributed by atoms with Crippen LogP contribution in [0.4, 0.5) is 21.9 Å². The molecule has 0 radical (unpaired) electrons. The molecule has 1 spiro atoms. The molecule has 7 aromatic carbocycles. The molecular weight excluding hydrogens is 931 g/mol. The number of nitrogens with zero attached hydrogens (tertiary/aromatic N) is 3. The van der Waals surface area contributed by atoms with Gasteiger partial charge in [0.15, 0.2) is 0 Å². The highest BCUT2D eigenvalue weighted by molar-refractivity contribution is 6.25. The minimum Gasteiger partial charge on any atom is -0.508 e. The van der Waals surface area contributed by atoms with E-state index < -0.39 is 65.4 Å². The van der Waals surface area contributed by atoms with Gasteiger partial charge in [-0.2, -0.15) is 0 Å². The van der Waals surface area contributed by atoms with Gasteiger partial charge in [-0.15, -0.1) is 0 Å². The molecule has 11 rings (SSSR count). The van der Waals surface area contributed by atoms with Crippen LogP contribution in [0.3, 0.4) is 0 Å². The molecule has 74 heavy (non-hydrogen) atoms. The first kappa shape index (κ1) is 47.6. The van der Waals surface area contributed by atoms with Gasteiger partial charge in [-0.05, 0) is 114 Å². The lowest BCUT2D eigenvalue weighted by atomic mass is 9.65. The van der Waals surface area contributed by atoms with E-state index in [1.54, 1.807) is 49.6 Å². The number of imide groups is 1. The molecule has 3 saturated heterocycles. The number of amides is 4. The van der Waals surface area contributed by atoms with E-state index in [0.29, 0.717) is 65.6 Å². The number of methoxy groups -OCH3 is 1. The van der Waals surface area contributed by atoms with Crippen molar-refractivity contribution in [2.24, 2.45) is 5.92 Å². The van der Waals surface area contributed by atoms with Crippen molar-refractivity contribution in [3.05, 3.63) is 221 Å². The molecule has 0 aromatic heterocycles. The highest BCUT2D eigenvalue weighted by atomic mass is 16.6. The first-order chi connectivity index (χ1) is 36.1. The number of hydrogen-bond acceptors (Lipinski definition) is 10. The van der Waals surface area contributed by atoms with Gasteiger partial charge in [0.25, 0.3) is 0 Å². The second kappa shape index (κ2) is 20.1. The smallest absolute Gasteiger partial charge is 0.329 e. The van der Waals surface area contributed by atoms with Crippen molar-refractivity contribution in [1.29, 1.82) is 0 Å². The van der Waals surface area contributed by atoms with Crippen molar-refractivity contribution in [2.75, 3.05) is 48.5 Å². The number of ether oxygens (including phenoxy) is 3. The topological polar surface area (TPSA) is 150 Å². The van der Waals surface area contributed by atoms with Gasteiger partial charge >= 0.3 is 12.0 Å². The minimum absolute atomic E-state index is 0.0304. The molecular formula is C61H53N5O8. The average molecular weight is 984 g/mol. The Morgan fingerprint density at radius 1 is 0.716 bits per heavy atom. The first-order valence-corrected chi connectivity index (χ1v) is 24.7. The van der Waals surface area contributed by atoms with E-state index in [4.69, 9.17) is 14.2 Å². The van der Waals surface area contributed by atoms with Crippen molar-refractivity contribution < 1.29 is 38.5 Å². The lowest BCUT2D eigenvalue weighted by Crippen LogP contribution is -2.55. The maximum atomic E-state index is 16.8. The summed E-state index contributed by atoms with van der Waals surface area (Å²) in [6.45, 7) is 4.45. The Kier molecular flexibility index (Phi) is 12.9. The number of benzene rings is 7. The quantitative estimate of drug-likeness (QED) is 0.0944.